The van der Waals surface area contributed by atoms with Crippen LogP contribution in [0, 0.1) is 18.5 Å². The SMILES string of the molecule is Cn1c2ccccc2c2c1c1c(c3ccc(Oc4[c-]c(-[n+]5[c-]n(-c6ccccc6)c6ccccc65)ccc4)[c-]c3n1-c1ccccn1)c1c3ccccc3n(-c3ccccc3)c12.[Pt]. The van der Waals surface area contributed by atoms with Crippen molar-refractivity contribution in [1.82, 2.24) is 23.3 Å². The van der Waals surface area contributed by atoms with Crippen molar-refractivity contribution in [2.45, 2.75) is 0 Å². The average molecular weight is 990 g/mol. The van der Waals surface area contributed by atoms with Crippen molar-refractivity contribution >= 4 is 76.5 Å². The number of pyridine rings is 1. The second kappa shape index (κ2) is 14.4. The van der Waals surface area contributed by atoms with Crippen molar-refractivity contribution < 1.29 is 30.4 Å². The van der Waals surface area contributed by atoms with Crippen molar-refractivity contribution in [3.8, 4) is 34.4 Å². The summed E-state index contributed by atoms with van der Waals surface area (Å²) >= 11 is 0. The summed E-state index contributed by atoms with van der Waals surface area (Å²) in [6.45, 7) is 0. The number of rotatable bonds is 6. The third-order valence-corrected chi connectivity index (χ3v) is 12.2. The molecule has 13 aromatic rings. The van der Waals surface area contributed by atoms with Crippen LogP contribution in [0.3, 0.4) is 0 Å². The van der Waals surface area contributed by atoms with Gasteiger partial charge in [-0.05, 0) is 59.6 Å². The van der Waals surface area contributed by atoms with Gasteiger partial charge in [0, 0.05) is 78.6 Å². The molecule has 0 saturated carbocycles. The van der Waals surface area contributed by atoms with E-state index in [1.54, 1.807) is 0 Å². The Kier molecular flexibility index (Phi) is 8.50. The van der Waals surface area contributed by atoms with E-state index >= 15 is 0 Å². The summed E-state index contributed by atoms with van der Waals surface area (Å²) in [4.78, 5) is 4.99. The van der Waals surface area contributed by atoms with Gasteiger partial charge in [-0.3, -0.25) is 4.57 Å². The summed E-state index contributed by atoms with van der Waals surface area (Å²) < 4.78 is 17.9. The molecule has 0 aliphatic carbocycles. The van der Waals surface area contributed by atoms with Gasteiger partial charge in [0.05, 0.1) is 38.8 Å². The number of imidazole rings is 1. The fourth-order valence-corrected chi connectivity index (χ4v) is 9.68. The Labute approximate surface area is 376 Å². The topological polar surface area (TPSA) is 45.7 Å². The van der Waals surface area contributed by atoms with Gasteiger partial charge in [0.1, 0.15) is 5.82 Å². The van der Waals surface area contributed by atoms with Gasteiger partial charge in [-0.15, -0.1) is 29.7 Å². The Hall–Kier alpha value is -7.73. The van der Waals surface area contributed by atoms with Crippen molar-refractivity contribution in [2.75, 3.05) is 0 Å². The molecule has 8 heteroatoms. The van der Waals surface area contributed by atoms with E-state index in [1.165, 1.54) is 27.1 Å². The van der Waals surface area contributed by atoms with Gasteiger partial charge >= 0.3 is 0 Å². The maximum Gasteiger partial charge on any atom is 0.268 e. The second-order valence-corrected chi connectivity index (χ2v) is 15.6. The number of nitrogens with zero attached hydrogens (tertiary/aromatic N) is 6. The smallest absolute Gasteiger partial charge is 0.268 e. The molecule has 0 amide bonds. The molecule has 0 aliphatic heterocycles. The van der Waals surface area contributed by atoms with E-state index in [2.05, 4.69) is 165 Å². The molecule has 5 heterocycles. The summed E-state index contributed by atoms with van der Waals surface area (Å²) in [6, 6.07) is 70.4. The number of fused-ring (bicyclic) bond motifs is 13. The van der Waals surface area contributed by atoms with Crippen LogP contribution in [0.5, 0.6) is 11.5 Å². The predicted octanol–water partition coefficient (Wildman–Crippen LogP) is 12.3. The van der Waals surface area contributed by atoms with E-state index in [4.69, 9.17) is 9.72 Å². The third kappa shape index (κ3) is 5.49. The average Bonchev–Trinajstić information content (AvgIpc) is 4.07. The van der Waals surface area contributed by atoms with Crippen molar-refractivity contribution in [3.05, 3.63) is 207 Å². The summed E-state index contributed by atoms with van der Waals surface area (Å²) in [5.41, 5.74) is 11.5. The zero-order valence-corrected chi connectivity index (χ0v) is 36.1. The molecular formula is C55H34N6OPt-2. The van der Waals surface area contributed by atoms with Crippen LogP contribution in [-0.4, -0.2) is 23.3 Å². The van der Waals surface area contributed by atoms with Crippen LogP contribution in [-0.2, 0) is 28.1 Å². The zero-order valence-electron chi connectivity index (χ0n) is 33.8. The summed E-state index contributed by atoms with van der Waals surface area (Å²) in [6.07, 6.45) is 5.43. The molecular weight excluding hydrogens is 956 g/mol. The maximum absolute atomic E-state index is 6.73. The minimum Gasteiger partial charge on any atom is -0.510 e. The number of hydrogen-bond donors (Lipinski definition) is 0. The van der Waals surface area contributed by atoms with Crippen molar-refractivity contribution in [2.24, 2.45) is 7.05 Å². The van der Waals surface area contributed by atoms with E-state index in [1.807, 2.05) is 71.4 Å². The van der Waals surface area contributed by atoms with Gasteiger partial charge in [0.2, 0.25) is 0 Å². The van der Waals surface area contributed by atoms with Gasteiger partial charge in [-0.1, -0.05) is 109 Å². The first-order valence-corrected chi connectivity index (χ1v) is 20.7. The predicted molar refractivity (Wildman–Crippen MR) is 248 cm³/mol. The Bertz CT molecular complexity index is 3900. The summed E-state index contributed by atoms with van der Waals surface area (Å²) in [5, 5.41) is 6.96. The Morgan fingerprint density at radius 3 is 1.92 bits per heavy atom. The van der Waals surface area contributed by atoms with Crippen LogP contribution in [0.2, 0.25) is 0 Å². The molecule has 7 nitrogen and oxygen atoms in total. The van der Waals surface area contributed by atoms with Crippen molar-refractivity contribution in [3.63, 3.8) is 0 Å². The molecule has 0 saturated heterocycles. The standard InChI is InChI=1S/C55H34N6O.Pt/c1-57-44-25-10-8-23-41(44)52-53-50(42-24-9-11-26-45(42)60(53)37-19-6-3-7-20-37)51-43-31-30-40(34-48(43)61(55(51)54(52)57)49-29-14-15-32-56-49)62-39-22-16-21-38(33-39)59-35-58(36-17-4-2-5-18-36)46-27-12-13-28-47(46)59;/h2-32H,1H3;/q-2;. The molecule has 8 aromatic carbocycles. The molecule has 0 aliphatic rings. The van der Waals surface area contributed by atoms with Gasteiger partial charge in [0.15, 0.2) is 0 Å². The minimum absolute atomic E-state index is 0. The summed E-state index contributed by atoms with van der Waals surface area (Å²) in [7, 11) is 2.18. The quantitative estimate of drug-likeness (QED) is 0.123. The molecule has 13 rings (SSSR count). The molecule has 0 unspecified atom stereocenters. The maximum atomic E-state index is 6.73. The van der Waals surface area contributed by atoms with E-state index < -0.39 is 0 Å². The second-order valence-electron chi connectivity index (χ2n) is 15.6. The monoisotopic (exact) mass is 989 g/mol. The van der Waals surface area contributed by atoms with Crippen molar-refractivity contribution in [1.29, 1.82) is 0 Å². The van der Waals surface area contributed by atoms with Crippen LogP contribution in [0.1, 0.15) is 0 Å². The normalized spacial score (nSPS) is 11.8. The van der Waals surface area contributed by atoms with Crippen LogP contribution in [0.25, 0.3) is 99.3 Å². The Morgan fingerprint density at radius 1 is 0.492 bits per heavy atom. The van der Waals surface area contributed by atoms with E-state index in [0.29, 0.717) is 11.5 Å². The van der Waals surface area contributed by atoms with Gasteiger partial charge in [-0.2, -0.15) is 18.2 Å². The summed E-state index contributed by atoms with van der Waals surface area (Å²) in [5.74, 6) is 1.94. The van der Waals surface area contributed by atoms with Crippen LogP contribution in [0.4, 0.5) is 0 Å². The first-order chi connectivity index (χ1) is 30.7. The molecule has 0 fully saturated rings. The molecule has 0 atom stereocenters. The van der Waals surface area contributed by atoms with Gasteiger partial charge in [-0.25, -0.2) is 4.98 Å². The first kappa shape index (κ1) is 37.1. The third-order valence-electron chi connectivity index (χ3n) is 12.2. The zero-order chi connectivity index (χ0) is 40.9. The minimum atomic E-state index is 0. The number of benzene rings is 8. The molecule has 0 bridgehead atoms. The number of aromatic nitrogens is 6. The van der Waals surface area contributed by atoms with E-state index in [0.717, 1.165) is 72.3 Å². The van der Waals surface area contributed by atoms with Crippen LogP contribution >= 0.6 is 0 Å². The first-order valence-electron chi connectivity index (χ1n) is 20.7. The largest absolute Gasteiger partial charge is 0.510 e. The number of para-hydroxylation sites is 6. The molecule has 63 heavy (non-hydrogen) atoms. The van der Waals surface area contributed by atoms with Gasteiger partial charge in [0.25, 0.3) is 6.33 Å². The number of aryl methyl sites for hydroxylation is 1. The molecule has 0 radical (unpaired) electrons. The molecule has 302 valence electrons. The van der Waals surface area contributed by atoms with Gasteiger partial charge < -0.3 is 23.0 Å². The number of hydrogen-bond acceptors (Lipinski definition) is 2. The van der Waals surface area contributed by atoms with E-state index in [-0.39, 0.29) is 21.1 Å². The fourth-order valence-electron chi connectivity index (χ4n) is 9.68. The Morgan fingerprint density at radius 2 is 1.14 bits per heavy atom. The molecule has 5 aromatic heterocycles. The molecule has 0 spiro atoms. The Balaban J connectivity index is 0.00000421. The van der Waals surface area contributed by atoms with Crippen LogP contribution in [0.15, 0.2) is 188 Å². The number of ether oxygens (including phenoxy) is 1. The van der Waals surface area contributed by atoms with E-state index in [9.17, 15) is 0 Å². The molecule has 0 N–H and O–H groups in total. The fraction of sp³-hybridized carbons (Fsp3) is 0.0182. The van der Waals surface area contributed by atoms with Crippen LogP contribution < -0.4 is 9.30 Å².